The Kier molecular flexibility index (Phi) is 4.43. The van der Waals surface area contributed by atoms with Gasteiger partial charge in [0.1, 0.15) is 6.23 Å². The van der Waals surface area contributed by atoms with Crippen LogP contribution in [0.4, 0.5) is 0 Å². The standard InChI is InChI=1S/C22H24N2O/c1-17-3-7-19(8-4-17)15-24-13-14-25-22(24)20-11-12-23(16-20)21-9-5-18(2)6-10-21/h3-12,16,22H,13-15H2,1-2H3. The second kappa shape index (κ2) is 6.87. The topological polar surface area (TPSA) is 17.4 Å². The summed E-state index contributed by atoms with van der Waals surface area (Å²) >= 11 is 0. The third-order valence-corrected chi connectivity index (χ3v) is 4.83. The lowest BCUT2D eigenvalue weighted by Gasteiger charge is -2.22. The second-order valence-electron chi connectivity index (χ2n) is 6.87. The highest BCUT2D eigenvalue weighted by atomic mass is 16.5. The van der Waals surface area contributed by atoms with Crippen molar-refractivity contribution in [3.05, 3.63) is 89.2 Å². The molecule has 0 saturated carbocycles. The molecule has 0 spiro atoms. The van der Waals surface area contributed by atoms with Crippen molar-refractivity contribution < 1.29 is 4.74 Å². The summed E-state index contributed by atoms with van der Waals surface area (Å²) in [4.78, 5) is 2.40. The highest BCUT2D eigenvalue weighted by Crippen LogP contribution is 2.29. The fraction of sp³-hybridized carbons (Fsp3) is 0.273. The lowest BCUT2D eigenvalue weighted by atomic mass is 10.1. The minimum atomic E-state index is 0.0352. The van der Waals surface area contributed by atoms with Crippen LogP contribution in [0.1, 0.15) is 28.5 Å². The minimum Gasteiger partial charge on any atom is -0.357 e. The third kappa shape index (κ3) is 3.53. The van der Waals surface area contributed by atoms with E-state index in [1.165, 1.54) is 27.9 Å². The summed E-state index contributed by atoms with van der Waals surface area (Å²) in [6, 6.07) is 19.5. The van der Waals surface area contributed by atoms with Crippen LogP contribution in [0.2, 0.25) is 0 Å². The monoisotopic (exact) mass is 332 g/mol. The number of ether oxygens (including phenoxy) is 1. The first kappa shape index (κ1) is 16.1. The fourth-order valence-electron chi connectivity index (χ4n) is 3.34. The Bertz CT molecular complexity index is 833. The number of aryl methyl sites for hydroxylation is 2. The molecular formula is C22H24N2O. The van der Waals surface area contributed by atoms with Crippen LogP contribution in [0.5, 0.6) is 0 Å². The van der Waals surface area contributed by atoms with Gasteiger partial charge in [-0.3, -0.25) is 4.90 Å². The molecule has 1 atom stereocenters. The van der Waals surface area contributed by atoms with Crippen molar-refractivity contribution in [2.24, 2.45) is 0 Å². The maximum absolute atomic E-state index is 6.03. The van der Waals surface area contributed by atoms with Crippen molar-refractivity contribution in [2.75, 3.05) is 13.2 Å². The molecule has 1 aliphatic rings. The number of hydrogen-bond donors (Lipinski definition) is 0. The molecule has 0 aliphatic carbocycles. The Morgan fingerprint density at radius 2 is 1.60 bits per heavy atom. The number of aromatic nitrogens is 1. The lowest BCUT2D eigenvalue weighted by Crippen LogP contribution is -2.23. The summed E-state index contributed by atoms with van der Waals surface area (Å²) in [5.74, 6) is 0. The third-order valence-electron chi connectivity index (χ3n) is 4.83. The molecule has 0 radical (unpaired) electrons. The van der Waals surface area contributed by atoms with Crippen molar-refractivity contribution in [1.29, 1.82) is 0 Å². The van der Waals surface area contributed by atoms with Crippen LogP contribution in [-0.4, -0.2) is 22.6 Å². The smallest absolute Gasteiger partial charge is 0.138 e. The maximum Gasteiger partial charge on any atom is 0.138 e. The molecule has 0 bridgehead atoms. The predicted octanol–water partition coefficient (Wildman–Crippen LogP) is 4.63. The highest BCUT2D eigenvalue weighted by molar-refractivity contribution is 5.36. The summed E-state index contributed by atoms with van der Waals surface area (Å²) in [6.45, 7) is 6.90. The number of rotatable bonds is 4. The van der Waals surface area contributed by atoms with Crippen LogP contribution in [0.25, 0.3) is 5.69 Å². The van der Waals surface area contributed by atoms with Gasteiger partial charge in [0.05, 0.1) is 6.61 Å². The van der Waals surface area contributed by atoms with E-state index in [1.807, 2.05) is 0 Å². The molecule has 4 rings (SSSR count). The molecule has 1 unspecified atom stereocenters. The van der Waals surface area contributed by atoms with Crippen molar-refractivity contribution >= 4 is 0 Å². The van der Waals surface area contributed by atoms with Crippen LogP contribution in [0, 0.1) is 13.8 Å². The Balaban J connectivity index is 1.52. The van der Waals surface area contributed by atoms with Gasteiger partial charge in [-0.1, -0.05) is 47.5 Å². The molecule has 3 heteroatoms. The van der Waals surface area contributed by atoms with Crippen LogP contribution in [0.15, 0.2) is 67.0 Å². The van der Waals surface area contributed by atoms with E-state index < -0.39 is 0 Å². The van der Waals surface area contributed by atoms with Gasteiger partial charge in [0, 0.05) is 36.7 Å². The molecule has 2 aromatic carbocycles. The zero-order valence-electron chi connectivity index (χ0n) is 14.9. The minimum absolute atomic E-state index is 0.0352. The molecule has 25 heavy (non-hydrogen) atoms. The van der Waals surface area contributed by atoms with Crippen molar-refractivity contribution in [3.63, 3.8) is 0 Å². The molecule has 1 aliphatic heterocycles. The number of hydrogen-bond acceptors (Lipinski definition) is 2. The van der Waals surface area contributed by atoms with Gasteiger partial charge in [-0.2, -0.15) is 0 Å². The molecule has 0 N–H and O–H groups in total. The fourth-order valence-corrected chi connectivity index (χ4v) is 3.34. The number of benzene rings is 2. The molecule has 2 heterocycles. The Labute approximate surface area is 149 Å². The normalized spacial score (nSPS) is 17.9. The molecule has 128 valence electrons. The molecule has 1 aromatic heterocycles. The first-order valence-corrected chi connectivity index (χ1v) is 8.85. The van der Waals surface area contributed by atoms with Crippen molar-refractivity contribution in [1.82, 2.24) is 9.47 Å². The first-order valence-electron chi connectivity index (χ1n) is 8.85. The van der Waals surface area contributed by atoms with Crippen LogP contribution in [0.3, 0.4) is 0 Å². The van der Waals surface area contributed by atoms with Gasteiger partial charge in [-0.15, -0.1) is 0 Å². The maximum atomic E-state index is 6.03. The summed E-state index contributed by atoms with van der Waals surface area (Å²) < 4.78 is 8.20. The van der Waals surface area contributed by atoms with Gasteiger partial charge in [0.2, 0.25) is 0 Å². The average molecular weight is 332 g/mol. The van der Waals surface area contributed by atoms with E-state index in [2.05, 4.69) is 90.3 Å². The van der Waals surface area contributed by atoms with E-state index in [4.69, 9.17) is 4.74 Å². The summed E-state index contributed by atoms with van der Waals surface area (Å²) in [5, 5.41) is 0. The Morgan fingerprint density at radius 3 is 2.32 bits per heavy atom. The Morgan fingerprint density at radius 1 is 0.920 bits per heavy atom. The highest BCUT2D eigenvalue weighted by Gasteiger charge is 2.27. The molecule has 3 nitrogen and oxygen atoms in total. The average Bonchev–Trinajstić information content (AvgIpc) is 3.27. The SMILES string of the molecule is Cc1ccc(CN2CCOC2c2ccn(-c3ccc(C)cc3)c2)cc1. The predicted molar refractivity (Wildman–Crippen MR) is 101 cm³/mol. The van der Waals surface area contributed by atoms with Crippen molar-refractivity contribution in [2.45, 2.75) is 26.6 Å². The zero-order chi connectivity index (χ0) is 17.2. The van der Waals surface area contributed by atoms with E-state index in [0.717, 1.165) is 19.7 Å². The summed E-state index contributed by atoms with van der Waals surface area (Å²) in [7, 11) is 0. The largest absolute Gasteiger partial charge is 0.357 e. The number of nitrogens with zero attached hydrogens (tertiary/aromatic N) is 2. The Hall–Kier alpha value is -2.36. The van der Waals surface area contributed by atoms with Crippen LogP contribution in [-0.2, 0) is 11.3 Å². The van der Waals surface area contributed by atoms with Gasteiger partial charge < -0.3 is 9.30 Å². The molecule has 0 amide bonds. The lowest BCUT2D eigenvalue weighted by molar-refractivity contribution is 0.0288. The van der Waals surface area contributed by atoms with E-state index in [-0.39, 0.29) is 6.23 Å². The summed E-state index contributed by atoms with van der Waals surface area (Å²) in [5.41, 5.74) is 6.30. The van der Waals surface area contributed by atoms with Gasteiger partial charge in [-0.05, 0) is 37.6 Å². The molecule has 1 saturated heterocycles. The van der Waals surface area contributed by atoms with Crippen molar-refractivity contribution in [3.8, 4) is 5.69 Å². The molecule has 1 fully saturated rings. The van der Waals surface area contributed by atoms with E-state index >= 15 is 0 Å². The quantitative estimate of drug-likeness (QED) is 0.693. The van der Waals surface area contributed by atoms with E-state index in [9.17, 15) is 0 Å². The van der Waals surface area contributed by atoms with Gasteiger partial charge in [0.15, 0.2) is 0 Å². The van der Waals surface area contributed by atoms with E-state index in [1.54, 1.807) is 0 Å². The van der Waals surface area contributed by atoms with Gasteiger partial charge >= 0.3 is 0 Å². The first-order chi connectivity index (χ1) is 12.2. The van der Waals surface area contributed by atoms with E-state index in [0.29, 0.717) is 0 Å². The van der Waals surface area contributed by atoms with Gasteiger partial charge in [0.25, 0.3) is 0 Å². The molecular weight excluding hydrogens is 308 g/mol. The second-order valence-corrected chi connectivity index (χ2v) is 6.87. The summed E-state index contributed by atoms with van der Waals surface area (Å²) in [6.07, 6.45) is 4.34. The van der Waals surface area contributed by atoms with Crippen LogP contribution < -0.4 is 0 Å². The zero-order valence-corrected chi connectivity index (χ0v) is 14.9. The van der Waals surface area contributed by atoms with Crippen LogP contribution >= 0.6 is 0 Å². The molecule has 3 aromatic rings. The van der Waals surface area contributed by atoms with Gasteiger partial charge in [-0.25, -0.2) is 0 Å².